The van der Waals surface area contributed by atoms with E-state index in [9.17, 15) is 14.7 Å². The molecule has 3 aliphatic rings. The fourth-order valence-electron chi connectivity index (χ4n) is 4.88. The lowest BCUT2D eigenvalue weighted by Crippen LogP contribution is -2.47. The molecule has 5 rings (SSSR count). The van der Waals surface area contributed by atoms with Crippen molar-refractivity contribution in [2.45, 2.75) is 38.4 Å². The van der Waals surface area contributed by atoms with E-state index < -0.39 is 6.04 Å². The van der Waals surface area contributed by atoms with Crippen LogP contribution in [0, 0.1) is 6.92 Å². The molecule has 200 valence electrons. The molecule has 0 spiro atoms. The number of hydrogen-bond donors (Lipinski definition) is 4. The molecule has 0 bridgehead atoms. The number of hydrogen-bond acceptors (Lipinski definition) is 7. The smallest absolute Gasteiger partial charge is 0.254 e. The van der Waals surface area contributed by atoms with Gasteiger partial charge in [-0.25, -0.2) is 4.99 Å². The Bertz CT molecular complexity index is 1270. The molecule has 10 heteroatoms. The predicted octanol–water partition coefficient (Wildman–Crippen LogP) is 2.44. The number of ether oxygens (including phenoxy) is 1. The first kappa shape index (κ1) is 26.2. The van der Waals surface area contributed by atoms with E-state index in [4.69, 9.17) is 21.3 Å². The van der Waals surface area contributed by atoms with Gasteiger partial charge in [-0.2, -0.15) is 0 Å². The average Bonchev–Trinajstić information content (AvgIpc) is 3.23. The fourth-order valence-corrected chi connectivity index (χ4v) is 5.10. The highest BCUT2D eigenvalue weighted by molar-refractivity contribution is 6.33. The maximum Gasteiger partial charge on any atom is 0.254 e. The third-order valence-electron chi connectivity index (χ3n) is 7.05. The molecule has 0 aliphatic carbocycles. The Hall–Kier alpha value is -3.40. The Morgan fingerprint density at radius 2 is 2.00 bits per heavy atom. The van der Waals surface area contributed by atoms with Crippen molar-refractivity contribution in [2.75, 3.05) is 32.9 Å². The lowest BCUT2D eigenvalue weighted by Gasteiger charge is -2.27. The molecule has 1 atom stereocenters. The molecule has 2 aromatic rings. The number of halogens is 1. The first-order chi connectivity index (χ1) is 18.4. The van der Waals surface area contributed by atoms with Crippen LogP contribution in [0.3, 0.4) is 0 Å². The SMILES string of the molecule is Cc1ccc(C(CO)NC(=O)CN2Cc3ccc(C4=C(Cl)CNC(NC5CCOCC5)=N4)cc3C2=O)cc1. The van der Waals surface area contributed by atoms with Gasteiger partial charge in [0.2, 0.25) is 5.91 Å². The molecular formula is C28H32ClN5O4. The van der Waals surface area contributed by atoms with Crippen molar-refractivity contribution in [1.82, 2.24) is 20.9 Å². The summed E-state index contributed by atoms with van der Waals surface area (Å²) in [6.45, 7) is 3.87. The highest BCUT2D eigenvalue weighted by Crippen LogP contribution is 2.30. The molecular weight excluding hydrogens is 506 g/mol. The van der Waals surface area contributed by atoms with Crippen molar-refractivity contribution in [2.24, 2.45) is 4.99 Å². The Morgan fingerprint density at radius 1 is 1.24 bits per heavy atom. The van der Waals surface area contributed by atoms with Crippen LogP contribution in [-0.2, 0) is 16.1 Å². The number of nitrogens with zero attached hydrogens (tertiary/aromatic N) is 2. The molecule has 3 heterocycles. The maximum absolute atomic E-state index is 13.2. The third kappa shape index (κ3) is 5.85. The summed E-state index contributed by atoms with van der Waals surface area (Å²) in [7, 11) is 0. The van der Waals surface area contributed by atoms with Crippen LogP contribution in [0.15, 0.2) is 52.5 Å². The zero-order valence-electron chi connectivity index (χ0n) is 21.3. The number of benzene rings is 2. The quantitative estimate of drug-likeness (QED) is 0.431. The number of carbonyl (C=O) groups excluding carboxylic acids is 2. The molecule has 4 N–H and O–H groups in total. The Balaban J connectivity index is 1.25. The molecule has 0 aromatic heterocycles. The van der Waals surface area contributed by atoms with Crippen molar-refractivity contribution in [1.29, 1.82) is 0 Å². The van der Waals surface area contributed by atoms with Gasteiger partial charge in [0.05, 0.1) is 29.9 Å². The van der Waals surface area contributed by atoms with E-state index in [0.717, 1.165) is 48.3 Å². The van der Waals surface area contributed by atoms with Gasteiger partial charge in [-0.05, 0) is 37.0 Å². The summed E-state index contributed by atoms with van der Waals surface area (Å²) in [5.74, 6) is 0.111. The van der Waals surface area contributed by atoms with Crippen LogP contribution in [0.5, 0.6) is 0 Å². The number of nitrogens with one attached hydrogen (secondary N) is 3. The minimum absolute atomic E-state index is 0.101. The van der Waals surface area contributed by atoms with E-state index in [1.807, 2.05) is 43.3 Å². The van der Waals surface area contributed by atoms with Crippen molar-refractivity contribution in [3.8, 4) is 0 Å². The molecule has 1 fully saturated rings. The second-order valence-corrected chi connectivity index (χ2v) is 10.3. The second-order valence-electron chi connectivity index (χ2n) is 9.84. The van der Waals surface area contributed by atoms with E-state index in [0.29, 0.717) is 35.3 Å². The monoisotopic (exact) mass is 537 g/mol. The fraction of sp³-hybridized carbons (Fsp3) is 0.393. The number of aliphatic imine (C=N–C) groups is 1. The largest absolute Gasteiger partial charge is 0.394 e. The highest BCUT2D eigenvalue weighted by Gasteiger charge is 2.30. The lowest BCUT2D eigenvalue weighted by molar-refractivity contribution is -0.122. The molecule has 9 nitrogen and oxygen atoms in total. The van der Waals surface area contributed by atoms with Gasteiger partial charge < -0.3 is 30.7 Å². The molecule has 1 unspecified atom stereocenters. The Morgan fingerprint density at radius 3 is 2.74 bits per heavy atom. The Labute approximate surface area is 226 Å². The predicted molar refractivity (Wildman–Crippen MR) is 146 cm³/mol. The van der Waals surface area contributed by atoms with Crippen LogP contribution in [0.25, 0.3) is 5.70 Å². The van der Waals surface area contributed by atoms with Gasteiger partial charge in [0, 0.05) is 36.9 Å². The van der Waals surface area contributed by atoms with E-state index in [1.54, 1.807) is 6.07 Å². The van der Waals surface area contributed by atoms with Gasteiger partial charge in [-0.15, -0.1) is 0 Å². The molecule has 2 aromatic carbocycles. The van der Waals surface area contributed by atoms with Crippen LogP contribution >= 0.6 is 11.6 Å². The summed E-state index contributed by atoms with van der Waals surface area (Å²) in [5.41, 5.74) is 4.66. The highest BCUT2D eigenvalue weighted by atomic mass is 35.5. The van der Waals surface area contributed by atoms with Gasteiger partial charge in [-0.1, -0.05) is 53.6 Å². The standard InChI is InChI=1S/C28H32ClN5O4/c1-17-2-4-18(5-3-17)24(16-35)32-25(36)15-34-14-20-7-6-19(12-22(20)27(34)37)26-23(29)13-30-28(33-26)31-21-8-10-38-11-9-21/h2-7,12,21,24,35H,8-11,13-16H2,1H3,(H,32,36)(H2,30,31,33). The summed E-state index contributed by atoms with van der Waals surface area (Å²) in [6, 6.07) is 13.0. The zero-order valence-corrected chi connectivity index (χ0v) is 22.1. The average molecular weight is 538 g/mol. The molecule has 0 saturated carbocycles. The summed E-state index contributed by atoms with van der Waals surface area (Å²) in [5, 5.41) is 19.8. The Kier molecular flexibility index (Phi) is 7.97. The lowest BCUT2D eigenvalue weighted by atomic mass is 10.0. The van der Waals surface area contributed by atoms with Crippen molar-refractivity contribution in [3.05, 3.63) is 75.3 Å². The molecule has 38 heavy (non-hydrogen) atoms. The van der Waals surface area contributed by atoms with Crippen molar-refractivity contribution in [3.63, 3.8) is 0 Å². The van der Waals surface area contributed by atoms with Crippen LogP contribution in [-0.4, -0.2) is 66.7 Å². The van der Waals surface area contributed by atoms with Crippen LogP contribution in [0.2, 0.25) is 0 Å². The second kappa shape index (κ2) is 11.6. The number of aliphatic hydroxyl groups is 1. The van der Waals surface area contributed by atoms with Gasteiger partial charge in [0.1, 0.15) is 6.54 Å². The van der Waals surface area contributed by atoms with Gasteiger partial charge in [0.25, 0.3) is 5.91 Å². The number of aryl methyl sites for hydroxylation is 1. The normalized spacial score (nSPS) is 18.6. The third-order valence-corrected chi connectivity index (χ3v) is 7.36. The first-order valence-electron chi connectivity index (χ1n) is 12.9. The summed E-state index contributed by atoms with van der Waals surface area (Å²) in [6.07, 6.45) is 1.82. The molecule has 3 aliphatic heterocycles. The summed E-state index contributed by atoms with van der Waals surface area (Å²) in [4.78, 5) is 32.2. The topological polar surface area (TPSA) is 115 Å². The van der Waals surface area contributed by atoms with Crippen molar-refractivity contribution >= 4 is 35.1 Å². The van der Waals surface area contributed by atoms with Gasteiger partial charge in [-0.3, -0.25) is 9.59 Å². The van der Waals surface area contributed by atoms with E-state index >= 15 is 0 Å². The van der Waals surface area contributed by atoms with E-state index in [-0.39, 0.29) is 31.0 Å². The number of aliphatic hydroxyl groups excluding tert-OH is 1. The molecule has 2 amide bonds. The summed E-state index contributed by atoms with van der Waals surface area (Å²) < 4.78 is 5.43. The van der Waals surface area contributed by atoms with Crippen LogP contribution in [0.1, 0.15) is 51.5 Å². The number of guanidine groups is 1. The minimum Gasteiger partial charge on any atom is -0.394 e. The van der Waals surface area contributed by atoms with Crippen LogP contribution in [0.4, 0.5) is 0 Å². The molecule has 1 saturated heterocycles. The minimum atomic E-state index is -0.537. The van der Waals surface area contributed by atoms with Gasteiger partial charge >= 0.3 is 0 Å². The first-order valence-corrected chi connectivity index (χ1v) is 13.2. The van der Waals surface area contributed by atoms with E-state index in [2.05, 4.69) is 16.0 Å². The number of fused-ring (bicyclic) bond motifs is 1. The maximum atomic E-state index is 13.2. The number of rotatable bonds is 7. The number of amides is 2. The van der Waals surface area contributed by atoms with Crippen LogP contribution < -0.4 is 16.0 Å². The number of carbonyl (C=O) groups is 2. The van der Waals surface area contributed by atoms with Crippen molar-refractivity contribution < 1.29 is 19.4 Å². The van der Waals surface area contributed by atoms with Gasteiger partial charge in [0.15, 0.2) is 5.96 Å². The molecule has 0 radical (unpaired) electrons. The summed E-state index contributed by atoms with van der Waals surface area (Å²) >= 11 is 6.52. The van der Waals surface area contributed by atoms with E-state index in [1.165, 1.54) is 4.90 Å². The zero-order chi connectivity index (χ0) is 26.6.